The Morgan fingerprint density at radius 2 is 1.71 bits per heavy atom. The van der Waals surface area contributed by atoms with Crippen LogP contribution in [0.15, 0.2) is 70.3 Å². The van der Waals surface area contributed by atoms with Crippen LogP contribution in [0.25, 0.3) is 16.6 Å². The quantitative estimate of drug-likeness (QED) is 0.507. The van der Waals surface area contributed by atoms with Crippen LogP contribution in [0, 0.1) is 0 Å². The second-order valence-electron chi connectivity index (χ2n) is 7.62. The second-order valence-corrected chi connectivity index (χ2v) is 8.03. The second kappa shape index (κ2) is 8.75. The van der Waals surface area contributed by atoms with E-state index in [9.17, 15) is 9.59 Å². The highest BCUT2D eigenvalue weighted by Crippen LogP contribution is 2.22. The molecule has 0 unspecified atom stereocenters. The van der Waals surface area contributed by atoms with Crippen LogP contribution in [0.3, 0.4) is 0 Å². The molecule has 5 rings (SSSR count). The Morgan fingerprint density at radius 1 is 0.968 bits per heavy atom. The number of hydrogen-bond acceptors (Lipinski definition) is 3. The smallest absolute Gasteiger partial charge is 0.280 e. The molecule has 1 aliphatic heterocycles. The highest BCUT2D eigenvalue weighted by Gasteiger charge is 2.22. The van der Waals surface area contributed by atoms with Gasteiger partial charge in [0.05, 0.1) is 27.3 Å². The molecule has 0 amide bonds. The molecule has 2 aromatic carbocycles. The van der Waals surface area contributed by atoms with Gasteiger partial charge in [0.25, 0.3) is 11.1 Å². The van der Waals surface area contributed by atoms with Crippen molar-refractivity contribution in [3.8, 4) is 5.69 Å². The number of aromatic nitrogens is 3. The summed E-state index contributed by atoms with van der Waals surface area (Å²) in [7, 11) is 0. The Bertz CT molecular complexity index is 1340. The number of halogens is 2. The minimum Gasteiger partial charge on any atom is -0.310 e. The molecule has 3 heterocycles. The molecule has 2 aromatic heterocycles. The van der Waals surface area contributed by atoms with E-state index < -0.39 is 0 Å². The first-order valence-electron chi connectivity index (χ1n) is 10.0. The number of H-pyrrole nitrogens is 1. The third kappa shape index (κ3) is 3.94. The lowest BCUT2D eigenvalue weighted by molar-refractivity contribution is 0.262. The number of hydrogen-bond donors (Lipinski definition) is 1. The van der Waals surface area contributed by atoms with Gasteiger partial charge in [-0.3, -0.25) is 19.6 Å². The van der Waals surface area contributed by atoms with Crippen LogP contribution < -0.4 is 11.1 Å². The fraction of sp³-hybridized carbons (Fsp3) is 0.217. The van der Waals surface area contributed by atoms with Crippen molar-refractivity contribution in [3.63, 3.8) is 0 Å². The van der Waals surface area contributed by atoms with Crippen molar-refractivity contribution >= 4 is 34.9 Å². The van der Waals surface area contributed by atoms with Crippen molar-refractivity contribution in [2.75, 3.05) is 6.54 Å². The average molecular weight is 457 g/mol. The first-order chi connectivity index (χ1) is 14.6. The van der Waals surface area contributed by atoms with Crippen molar-refractivity contribution in [3.05, 3.63) is 97.7 Å². The highest BCUT2D eigenvalue weighted by atomic mass is 35.5. The molecule has 0 saturated heterocycles. The van der Waals surface area contributed by atoms with Gasteiger partial charge >= 0.3 is 0 Å². The van der Waals surface area contributed by atoms with E-state index >= 15 is 0 Å². The van der Waals surface area contributed by atoms with E-state index in [4.69, 9.17) is 11.6 Å². The lowest BCUT2D eigenvalue weighted by Gasteiger charge is -2.20. The number of pyridine rings is 1. The third-order valence-electron chi connectivity index (χ3n) is 5.64. The van der Waals surface area contributed by atoms with Crippen LogP contribution in [0.2, 0.25) is 5.02 Å². The topological polar surface area (TPSA) is 63.0 Å². The minimum absolute atomic E-state index is 0. The van der Waals surface area contributed by atoms with Gasteiger partial charge in [-0.25, -0.2) is 4.68 Å². The van der Waals surface area contributed by atoms with Crippen LogP contribution in [-0.2, 0) is 19.6 Å². The molecule has 0 aliphatic carbocycles. The Labute approximate surface area is 190 Å². The molecule has 4 aromatic rings. The van der Waals surface area contributed by atoms with E-state index in [1.54, 1.807) is 16.7 Å². The third-order valence-corrected chi connectivity index (χ3v) is 5.96. The zero-order valence-electron chi connectivity index (χ0n) is 16.8. The van der Waals surface area contributed by atoms with Crippen LogP contribution in [-0.4, -0.2) is 25.8 Å². The lowest BCUT2D eigenvalue weighted by atomic mass is 10.2. The molecule has 0 radical (unpaired) electrons. The Kier molecular flexibility index (Phi) is 6.05. The van der Waals surface area contributed by atoms with E-state index in [1.807, 2.05) is 30.3 Å². The maximum Gasteiger partial charge on any atom is 0.280 e. The van der Waals surface area contributed by atoms with Crippen LogP contribution in [0.1, 0.15) is 17.7 Å². The molecule has 0 fully saturated rings. The molecule has 1 aliphatic rings. The normalized spacial score (nSPS) is 14.1. The number of nitrogens with zero attached hydrogens (tertiary/aromatic N) is 3. The summed E-state index contributed by atoms with van der Waals surface area (Å²) in [6.45, 7) is 2.78. The molecule has 6 nitrogen and oxygen atoms in total. The summed E-state index contributed by atoms with van der Waals surface area (Å²) in [6, 6.07) is 18.9. The van der Waals surface area contributed by atoms with Crippen molar-refractivity contribution in [2.24, 2.45) is 0 Å². The summed E-state index contributed by atoms with van der Waals surface area (Å²) >= 11 is 6.32. The first kappa shape index (κ1) is 21.4. The lowest BCUT2D eigenvalue weighted by Crippen LogP contribution is -2.27. The Morgan fingerprint density at radius 3 is 2.48 bits per heavy atom. The molecule has 8 heteroatoms. The van der Waals surface area contributed by atoms with Crippen molar-refractivity contribution in [2.45, 2.75) is 26.1 Å². The van der Waals surface area contributed by atoms with E-state index in [1.165, 1.54) is 16.3 Å². The van der Waals surface area contributed by atoms with Crippen molar-refractivity contribution in [1.29, 1.82) is 0 Å². The SMILES string of the molecule is Cl.O=c1c2c3n(c(=O)cc2[nH]n1-c1ccccc1Cl)CCCN(Cc1ccccc1)C3. The van der Waals surface area contributed by atoms with Gasteiger partial charge in [0.15, 0.2) is 0 Å². The van der Waals surface area contributed by atoms with Gasteiger partial charge in [-0.2, -0.15) is 0 Å². The minimum atomic E-state index is -0.191. The van der Waals surface area contributed by atoms with Gasteiger partial charge in [0, 0.05) is 32.2 Å². The molecular formula is C23H22Cl2N4O2. The van der Waals surface area contributed by atoms with Crippen LogP contribution >= 0.6 is 24.0 Å². The molecule has 160 valence electrons. The van der Waals surface area contributed by atoms with Gasteiger partial charge in [0.1, 0.15) is 0 Å². The molecular weight excluding hydrogens is 435 g/mol. The van der Waals surface area contributed by atoms with Crippen LogP contribution in [0.4, 0.5) is 0 Å². The number of nitrogens with one attached hydrogen (secondary N) is 1. The summed E-state index contributed by atoms with van der Waals surface area (Å²) in [5.41, 5.74) is 2.80. The molecule has 0 spiro atoms. The summed E-state index contributed by atoms with van der Waals surface area (Å²) in [5.74, 6) is 0. The zero-order valence-corrected chi connectivity index (χ0v) is 18.3. The maximum absolute atomic E-state index is 13.4. The van der Waals surface area contributed by atoms with E-state index in [0.29, 0.717) is 34.7 Å². The summed E-state index contributed by atoms with van der Waals surface area (Å²) in [5, 5.41) is 4.11. The number of benzene rings is 2. The van der Waals surface area contributed by atoms with Gasteiger partial charge in [-0.15, -0.1) is 12.4 Å². The highest BCUT2D eigenvalue weighted by molar-refractivity contribution is 6.32. The molecule has 0 atom stereocenters. The maximum atomic E-state index is 13.4. The number of rotatable bonds is 3. The van der Waals surface area contributed by atoms with Crippen LogP contribution in [0.5, 0.6) is 0 Å². The summed E-state index contributed by atoms with van der Waals surface area (Å²) < 4.78 is 3.18. The standard InChI is InChI=1S/C23H21ClN4O2.ClH/c24-17-9-4-5-10-19(17)28-23(30)22-18(25-28)13-21(29)27-12-6-11-26(15-20(22)27)14-16-7-2-1-3-8-16;/h1-5,7-10,13,25H,6,11-12,14-15H2;1H. The summed E-state index contributed by atoms with van der Waals surface area (Å²) in [4.78, 5) is 28.5. The van der Waals surface area contributed by atoms with E-state index in [2.05, 4.69) is 22.1 Å². The largest absolute Gasteiger partial charge is 0.310 e. The molecule has 31 heavy (non-hydrogen) atoms. The predicted molar refractivity (Wildman–Crippen MR) is 126 cm³/mol. The van der Waals surface area contributed by atoms with Gasteiger partial charge in [-0.1, -0.05) is 54.1 Å². The van der Waals surface area contributed by atoms with Crippen molar-refractivity contribution in [1.82, 2.24) is 19.2 Å². The number of para-hydroxylation sites is 1. The fourth-order valence-corrected chi connectivity index (χ4v) is 4.46. The fourth-order valence-electron chi connectivity index (χ4n) is 4.24. The van der Waals surface area contributed by atoms with E-state index in [0.717, 1.165) is 25.2 Å². The van der Waals surface area contributed by atoms with Gasteiger partial charge in [0.2, 0.25) is 0 Å². The van der Waals surface area contributed by atoms with Gasteiger partial charge < -0.3 is 4.57 Å². The van der Waals surface area contributed by atoms with Crippen molar-refractivity contribution < 1.29 is 0 Å². The first-order valence-corrected chi connectivity index (χ1v) is 10.4. The molecule has 1 N–H and O–H groups in total. The number of aromatic amines is 1. The molecule has 0 saturated carbocycles. The van der Waals surface area contributed by atoms with E-state index in [-0.39, 0.29) is 23.5 Å². The monoisotopic (exact) mass is 456 g/mol. The Hall–Kier alpha value is -2.80. The molecule has 0 bridgehead atoms. The number of fused-ring (bicyclic) bond motifs is 3. The van der Waals surface area contributed by atoms with Gasteiger partial charge in [-0.05, 0) is 24.1 Å². The predicted octanol–water partition coefficient (Wildman–Crippen LogP) is 3.96. The Balaban J connectivity index is 0.00000231. The summed E-state index contributed by atoms with van der Waals surface area (Å²) in [6.07, 6.45) is 0.856. The zero-order chi connectivity index (χ0) is 20.7. The average Bonchev–Trinajstić information content (AvgIpc) is 2.92.